The van der Waals surface area contributed by atoms with Crippen LogP contribution < -0.4 is 15.8 Å². The van der Waals surface area contributed by atoms with Gasteiger partial charge in [0.15, 0.2) is 0 Å². The van der Waals surface area contributed by atoms with E-state index in [2.05, 4.69) is 20.0 Å². The summed E-state index contributed by atoms with van der Waals surface area (Å²) in [6, 6.07) is 5.05. The van der Waals surface area contributed by atoms with Crippen LogP contribution in [0.2, 0.25) is 0 Å². The number of benzene rings is 1. The van der Waals surface area contributed by atoms with Crippen LogP contribution in [0.4, 0.5) is 23.9 Å². The molecule has 0 bridgehead atoms. The summed E-state index contributed by atoms with van der Waals surface area (Å²) in [5.41, 5.74) is 4.81. The number of amides is 1. The number of alkyl halides is 3. The lowest BCUT2D eigenvalue weighted by molar-refractivity contribution is -0.139. The molecule has 0 aliphatic heterocycles. The van der Waals surface area contributed by atoms with Gasteiger partial charge in [-0.05, 0) is 43.5 Å². The van der Waals surface area contributed by atoms with E-state index >= 15 is 0 Å². The number of methoxy groups -OCH3 is 1. The number of hydrogen-bond acceptors (Lipinski definition) is 6. The summed E-state index contributed by atoms with van der Waals surface area (Å²) in [6.07, 6.45) is -3.52. The molecule has 164 valence electrons. The fourth-order valence-corrected chi connectivity index (χ4v) is 2.99. The second-order valence-corrected chi connectivity index (χ2v) is 7.63. The van der Waals surface area contributed by atoms with Gasteiger partial charge in [0.2, 0.25) is 5.95 Å². The molecule has 0 saturated carbocycles. The van der Waals surface area contributed by atoms with Gasteiger partial charge in [-0.15, -0.1) is 0 Å². The Morgan fingerprint density at radius 1 is 1.27 bits per heavy atom. The van der Waals surface area contributed by atoms with E-state index in [1.54, 1.807) is 6.92 Å². The summed E-state index contributed by atoms with van der Waals surface area (Å²) in [7, 11) is 1.17. The van der Waals surface area contributed by atoms with Crippen molar-refractivity contribution >= 4 is 12.0 Å². The molecule has 1 amide bonds. The highest BCUT2D eigenvalue weighted by Gasteiger charge is 2.35. The third-order valence-corrected chi connectivity index (χ3v) is 4.07. The molecule has 0 unspecified atom stereocenters. The molecule has 7 nitrogen and oxygen atoms in total. The normalized spacial score (nSPS) is 13.6. The van der Waals surface area contributed by atoms with Crippen LogP contribution in [-0.2, 0) is 10.9 Å². The van der Waals surface area contributed by atoms with E-state index in [-0.39, 0.29) is 35.5 Å². The van der Waals surface area contributed by atoms with Crippen molar-refractivity contribution < 1.29 is 27.4 Å². The van der Waals surface area contributed by atoms with Crippen LogP contribution in [0, 0.1) is 5.92 Å². The molecule has 1 aromatic heterocycles. The van der Waals surface area contributed by atoms with Crippen molar-refractivity contribution in [3.8, 4) is 17.0 Å². The Morgan fingerprint density at radius 2 is 1.97 bits per heavy atom. The molecule has 0 aliphatic carbocycles. The smallest absolute Gasteiger partial charge is 0.419 e. The van der Waals surface area contributed by atoms with E-state index in [0.29, 0.717) is 6.42 Å². The molecule has 2 aromatic rings. The van der Waals surface area contributed by atoms with Crippen molar-refractivity contribution in [3.63, 3.8) is 0 Å². The maximum atomic E-state index is 13.7. The fraction of sp³-hybridized carbons (Fsp3) is 0.450. The molecule has 1 aromatic carbocycles. The van der Waals surface area contributed by atoms with Crippen molar-refractivity contribution in [1.82, 2.24) is 9.97 Å². The van der Waals surface area contributed by atoms with Crippen molar-refractivity contribution in [1.29, 1.82) is 0 Å². The zero-order valence-corrected chi connectivity index (χ0v) is 17.2. The SMILES string of the molecule is COC(=O)Nc1nccc(-c2ccc(OC[C@@](C)(N)CC(C)C)c(C(F)(F)F)c2)n1. The number of aromatic nitrogens is 2. The number of anilines is 1. The largest absolute Gasteiger partial charge is 0.491 e. The van der Waals surface area contributed by atoms with E-state index in [1.165, 1.54) is 31.5 Å². The number of halogens is 3. The third-order valence-electron chi connectivity index (χ3n) is 4.07. The number of nitrogens with zero attached hydrogens (tertiary/aromatic N) is 2. The molecule has 3 N–H and O–H groups in total. The van der Waals surface area contributed by atoms with Crippen molar-refractivity contribution in [2.75, 3.05) is 19.0 Å². The maximum Gasteiger partial charge on any atom is 0.419 e. The second-order valence-electron chi connectivity index (χ2n) is 7.63. The van der Waals surface area contributed by atoms with E-state index in [4.69, 9.17) is 10.5 Å². The lowest BCUT2D eigenvalue weighted by Gasteiger charge is -2.27. The van der Waals surface area contributed by atoms with Gasteiger partial charge in [0.25, 0.3) is 0 Å². The summed E-state index contributed by atoms with van der Waals surface area (Å²) in [6.45, 7) is 5.64. The molecular formula is C20H25F3N4O3. The quantitative estimate of drug-likeness (QED) is 0.677. The molecule has 30 heavy (non-hydrogen) atoms. The van der Waals surface area contributed by atoms with Gasteiger partial charge in [0.1, 0.15) is 12.4 Å². The van der Waals surface area contributed by atoms with E-state index in [0.717, 1.165) is 6.07 Å². The van der Waals surface area contributed by atoms with Gasteiger partial charge < -0.3 is 15.2 Å². The Kier molecular flexibility index (Phi) is 7.25. The molecule has 2 rings (SSSR count). The monoisotopic (exact) mass is 426 g/mol. The van der Waals surface area contributed by atoms with Crippen molar-refractivity contribution in [2.45, 2.75) is 38.9 Å². The van der Waals surface area contributed by atoms with Gasteiger partial charge in [0, 0.05) is 17.3 Å². The average molecular weight is 426 g/mol. The molecule has 1 heterocycles. The summed E-state index contributed by atoms with van der Waals surface area (Å²) >= 11 is 0. The minimum Gasteiger partial charge on any atom is -0.491 e. The maximum absolute atomic E-state index is 13.7. The molecule has 0 radical (unpaired) electrons. The Balaban J connectivity index is 2.33. The molecular weight excluding hydrogens is 401 g/mol. The summed E-state index contributed by atoms with van der Waals surface area (Å²) in [4.78, 5) is 19.2. The van der Waals surface area contributed by atoms with Crippen molar-refractivity contribution in [3.05, 3.63) is 36.0 Å². The van der Waals surface area contributed by atoms with Crippen LogP contribution in [0.1, 0.15) is 32.8 Å². The number of rotatable bonds is 7. The fourth-order valence-electron chi connectivity index (χ4n) is 2.99. The highest BCUT2D eigenvalue weighted by Crippen LogP contribution is 2.39. The van der Waals surface area contributed by atoms with Crippen LogP contribution in [0.15, 0.2) is 30.5 Å². The zero-order chi connectivity index (χ0) is 22.5. The number of hydrogen-bond donors (Lipinski definition) is 2. The number of nitrogens with one attached hydrogen (secondary N) is 1. The molecule has 0 aliphatic rings. The lowest BCUT2D eigenvalue weighted by atomic mass is 9.93. The Bertz CT molecular complexity index is 886. The first-order valence-electron chi connectivity index (χ1n) is 9.22. The standard InChI is InChI=1S/C20H25F3N4O3/c1-12(2)10-19(3,24)11-30-16-6-5-13(9-14(16)20(21,22)23)15-7-8-25-17(26-15)27-18(28)29-4/h5-9,12H,10-11,24H2,1-4H3,(H,25,26,27,28)/t19-/m0/s1. The van der Waals surface area contributed by atoms with Gasteiger partial charge in [-0.2, -0.15) is 13.2 Å². The highest BCUT2D eigenvalue weighted by atomic mass is 19.4. The topological polar surface area (TPSA) is 99.4 Å². The first-order chi connectivity index (χ1) is 13.9. The Labute approximate surface area is 172 Å². The van der Waals surface area contributed by atoms with Crippen molar-refractivity contribution in [2.24, 2.45) is 11.7 Å². The van der Waals surface area contributed by atoms with Gasteiger partial charge in [-0.3, -0.25) is 5.32 Å². The summed E-state index contributed by atoms with van der Waals surface area (Å²) in [5.74, 6) is -0.131. The number of nitrogens with two attached hydrogens (primary N) is 1. The van der Waals surface area contributed by atoms with E-state index in [9.17, 15) is 18.0 Å². The van der Waals surface area contributed by atoms with Gasteiger partial charge >= 0.3 is 12.3 Å². The predicted octanol–water partition coefficient (Wildman–Crippen LogP) is 4.48. The van der Waals surface area contributed by atoms with E-state index in [1.807, 2.05) is 13.8 Å². The molecule has 10 heteroatoms. The van der Waals surface area contributed by atoms with Crippen LogP contribution in [0.3, 0.4) is 0 Å². The highest BCUT2D eigenvalue weighted by molar-refractivity contribution is 5.82. The van der Waals surface area contributed by atoms with Crippen LogP contribution in [0.5, 0.6) is 5.75 Å². The number of carbonyl (C=O) groups excluding carboxylic acids is 1. The average Bonchev–Trinajstić information content (AvgIpc) is 2.64. The first-order valence-corrected chi connectivity index (χ1v) is 9.22. The third kappa shape index (κ3) is 6.58. The summed E-state index contributed by atoms with van der Waals surface area (Å²) in [5, 5.41) is 2.27. The molecule has 0 spiro atoms. The van der Waals surface area contributed by atoms with Crippen LogP contribution >= 0.6 is 0 Å². The van der Waals surface area contributed by atoms with E-state index < -0.39 is 23.4 Å². The first kappa shape index (κ1) is 23.4. The summed E-state index contributed by atoms with van der Waals surface area (Å²) < 4.78 is 50.9. The second kappa shape index (κ2) is 9.29. The molecule has 0 fully saturated rings. The molecule has 0 saturated heterocycles. The Morgan fingerprint density at radius 3 is 2.57 bits per heavy atom. The van der Waals surface area contributed by atoms with Crippen LogP contribution in [-0.4, -0.2) is 35.3 Å². The van der Waals surface area contributed by atoms with Gasteiger partial charge in [0.05, 0.1) is 18.4 Å². The Hall–Kier alpha value is -2.88. The zero-order valence-electron chi connectivity index (χ0n) is 17.2. The lowest BCUT2D eigenvalue weighted by Crippen LogP contribution is -2.43. The number of carbonyl (C=O) groups is 1. The van der Waals surface area contributed by atoms with Crippen LogP contribution in [0.25, 0.3) is 11.3 Å². The van der Waals surface area contributed by atoms with Gasteiger partial charge in [-0.25, -0.2) is 14.8 Å². The minimum absolute atomic E-state index is 0.0612. The van der Waals surface area contributed by atoms with Gasteiger partial charge in [-0.1, -0.05) is 13.8 Å². The minimum atomic E-state index is -4.64. The predicted molar refractivity (Wildman–Crippen MR) is 106 cm³/mol. The molecule has 1 atom stereocenters. The number of ether oxygens (including phenoxy) is 2.